The molecule has 1 N–H and O–H groups in total. The molecule has 1 saturated heterocycles. The summed E-state index contributed by atoms with van der Waals surface area (Å²) in [7, 11) is 0. The Labute approximate surface area is 151 Å². The number of hydrogen-bond donors (Lipinski definition) is 1. The lowest BCUT2D eigenvalue weighted by Gasteiger charge is -2.35. The third-order valence-corrected chi connectivity index (χ3v) is 4.67. The van der Waals surface area contributed by atoms with Gasteiger partial charge >= 0.3 is 0 Å². The van der Waals surface area contributed by atoms with Gasteiger partial charge < -0.3 is 14.4 Å². The van der Waals surface area contributed by atoms with Gasteiger partial charge in [-0.25, -0.2) is 5.06 Å². The first kappa shape index (κ1) is 16.6. The predicted molar refractivity (Wildman–Crippen MR) is 94.1 cm³/mol. The van der Waals surface area contributed by atoms with Crippen molar-refractivity contribution in [1.82, 2.24) is 14.9 Å². The van der Waals surface area contributed by atoms with Crippen LogP contribution in [0.4, 0.5) is 0 Å². The molecule has 8 heteroatoms. The Morgan fingerprint density at radius 2 is 1.81 bits per heavy atom. The topological polar surface area (TPSA) is 77.8 Å². The first-order chi connectivity index (χ1) is 12.7. The largest absolute Gasteiger partial charge is 0.454 e. The average Bonchev–Trinajstić information content (AvgIpc) is 3.13. The molecular weight excluding hydrogens is 336 g/mol. The van der Waals surface area contributed by atoms with Crippen molar-refractivity contribution in [1.29, 1.82) is 0 Å². The van der Waals surface area contributed by atoms with Crippen molar-refractivity contribution in [3.05, 3.63) is 64.6 Å². The van der Waals surface area contributed by atoms with Gasteiger partial charge in [-0.3, -0.25) is 10.1 Å². The van der Waals surface area contributed by atoms with Crippen molar-refractivity contribution in [2.24, 2.45) is 5.18 Å². The Hall–Kier alpha value is -2.84. The molecule has 0 amide bonds. The first-order valence-electron chi connectivity index (χ1n) is 8.50. The van der Waals surface area contributed by atoms with E-state index in [0.29, 0.717) is 11.4 Å². The molecule has 8 nitrogen and oxygen atoms in total. The van der Waals surface area contributed by atoms with E-state index in [1.807, 2.05) is 17.0 Å². The van der Waals surface area contributed by atoms with Crippen LogP contribution in [-0.4, -0.2) is 53.0 Å². The molecule has 26 heavy (non-hydrogen) atoms. The van der Waals surface area contributed by atoms with Crippen molar-refractivity contribution >= 4 is 0 Å². The number of nitrogens with zero attached hydrogens (tertiary/aromatic N) is 4. The fourth-order valence-corrected chi connectivity index (χ4v) is 3.28. The van der Waals surface area contributed by atoms with Gasteiger partial charge in [-0.1, -0.05) is 6.07 Å². The second-order valence-corrected chi connectivity index (χ2v) is 6.33. The van der Waals surface area contributed by atoms with E-state index >= 15 is 0 Å². The fourth-order valence-electron chi connectivity index (χ4n) is 3.28. The maximum atomic E-state index is 11.3. The molecule has 0 atom stereocenters. The Bertz CT molecular complexity index is 765. The number of hydrogen-bond acceptors (Lipinski definition) is 8. The van der Waals surface area contributed by atoms with E-state index in [0.717, 1.165) is 49.3 Å². The van der Waals surface area contributed by atoms with Crippen molar-refractivity contribution < 1.29 is 14.7 Å². The van der Waals surface area contributed by atoms with Crippen LogP contribution in [0.5, 0.6) is 11.5 Å². The van der Waals surface area contributed by atoms with E-state index in [-0.39, 0.29) is 6.79 Å². The van der Waals surface area contributed by atoms with E-state index in [1.54, 1.807) is 12.2 Å². The molecule has 0 radical (unpaired) electrons. The SMILES string of the molecule is O=NC(=C1C=CN(O)C=C1)N1CCN(Cc2ccc3c(c2)OCO3)CC1. The zero-order chi connectivity index (χ0) is 17.9. The van der Waals surface area contributed by atoms with E-state index in [4.69, 9.17) is 9.47 Å². The number of allylic oxidation sites excluding steroid dienone is 3. The lowest BCUT2D eigenvalue weighted by molar-refractivity contribution is 0.0104. The van der Waals surface area contributed by atoms with Crippen molar-refractivity contribution in [3.8, 4) is 11.5 Å². The van der Waals surface area contributed by atoms with Gasteiger partial charge in [-0.2, -0.15) is 0 Å². The molecular formula is C18H20N4O4. The quantitative estimate of drug-likeness (QED) is 0.829. The molecule has 4 rings (SSSR count). The molecule has 0 unspecified atom stereocenters. The standard InChI is InChI=1S/C18H20N4O4/c23-19-18(15-3-5-22(24)6-4-15)21-9-7-20(8-10-21)12-14-1-2-16-17(11-14)26-13-25-16/h1-6,11,24H,7-10,12-13H2. The van der Waals surface area contributed by atoms with Crippen LogP contribution in [-0.2, 0) is 6.54 Å². The van der Waals surface area contributed by atoms with Gasteiger partial charge in [-0.05, 0) is 35.0 Å². The average molecular weight is 356 g/mol. The zero-order valence-corrected chi connectivity index (χ0v) is 14.2. The summed E-state index contributed by atoms with van der Waals surface area (Å²) in [4.78, 5) is 15.7. The summed E-state index contributed by atoms with van der Waals surface area (Å²) < 4.78 is 10.8. The summed E-state index contributed by atoms with van der Waals surface area (Å²) in [6, 6.07) is 6.02. The number of hydroxylamine groups is 2. The van der Waals surface area contributed by atoms with E-state index in [2.05, 4.69) is 16.1 Å². The van der Waals surface area contributed by atoms with Crippen LogP contribution in [0.15, 0.2) is 59.3 Å². The van der Waals surface area contributed by atoms with Gasteiger partial charge in [-0.15, -0.1) is 4.91 Å². The molecule has 136 valence electrons. The summed E-state index contributed by atoms with van der Waals surface area (Å²) in [6.07, 6.45) is 6.32. The van der Waals surface area contributed by atoms with Gasteiger partial charge in [0.05, 0.1) is 0 Å². The second kappa shape index (κ2) is 7.19. The van der Waals surface area contributed by atoms with Crippen molar-refractivity contribution in [3.63, 3.8) is 0 Å². The summed E-state index contributed by atoms with van der Waals surface area (Å²) in [5.41, 5.74) is 1.88. The smallest absolute Gasteiger partial charge is 0.231 e. The summed E-state index contributed by atoms with van der Waals surface area (Å²) in [5, 5.41) is 13.5. The number of benzene rings is 1. The minimum atomic E-state index is 0.282. The monoisotopic (exact) mass is 356 g/mol. The molecule has 3 aliphatic heterocycles. The highest BCUT2D eigenvalue weighted by Crippen LogP contribution is 2.33. The lowest BCUT2D eigenvalue weighted by atomic mass is 10.1. The maximum absolute atomic E-state index is 11.3. The first-order valence-corrected chi connectivity index (χ1v) is 8.50. The summed E-state index contributed by atoms with van der Waals surface area (Å²) in [5.74, 6) is 2.00. The molecule has 0 saturated carbocycles. The zero-order valence-electron chi connectivity index (χ0n) is 14.2. The third kappa shape index (κ3) is 3.42. The number of ether oxygens (including phenoxy) is 2. The van der Waals surface area contributed by atoms with Crippen LogP contribution in [0.25, 0.3) is 0 Å². The number of nitroso groups, excluding NO2 is 1. The molecule has 3 heterocycles. The number of rotatable bonds is 4. The third-order valence-electron chi connectivity index (χ3n) is 4.67. The minimum Gasteiger partial charge on any atom is -0.454 e. The fraction of sp³-hybridized carbons (Fsp3) is 0.333. The van der Waals surface area contributed by atoms with Crippen LogP contribution < -0.4 is 9.47 Å². The highest BCUT2D eigenvalue weighted by atomic mass is 16.7. The summed E-state index contributed by atoms with van der Waals surface area (Å²) in [6.45, 7) is 4.22. The van der Waals surface area contributed by atoms with Crippen LogP contribution in [0.2, 0.25) is 0 Å². The molecule has 3 aliphatic rings. The molecule has 1 fully saturated rings. The van der Waals surface area contributed by atoms with Crippen LogP contribution in [0, 0.1) is 4.91 Å². The maximum Gasteiger partial charge on any atom is 0.231 e. The molecule has 0 bridgehead atoms. The second-order valence-electron chi connectivity index (χ2n) is 6.33. The molecule has 1 aromatic rings. The van der Waals surface area contributed by atoms with Crippen LogP contribution in [0.3, 0.4) is 0 Å². The predicted octanol–water partition coefficient (Wildman–Crippen LogP) is 2.24. The summed E-state index contributed by atoms with van der Waals surface area (Å²) >= 11 is 0. The van der Waals surface area contributed by atoms with Crippen molar-refractivity contribution in [2.45, 2.75) is 6.54 Å². The highest BCUT2D eigenvalue weighted by molar-refractivity contribution is 5.44. The number of piperazine rings is 1. The van der Waals surface area contributed by atoms with Crippen LogP contribution in [0.1, 0.15) is 5.56 Å². The lowest BCUT2D eigenvalue weighted by Crippen LogP contribution is -2.45. The Morgan fingerprint density at radius 3 is 2.54 bits per heavy atom. The minimum absolute atomic E-state index is 0.282. The highest BCUT2D eigenvalue weighted by Gasteiger charge is 2.22. The van der Waals surface area contributed by atoms with E-state index < -0.39 is 0 Å². The van der Waals surface area contributed by atoms with E-state index in [9.17, 15) is 10.1 Å². The van der Waals surface area contributed by atoms with Gasteiger partial charge in [0, 0.05) is 50.7 Å². The Kier molecular flexibility index (Phi) is 4.59. The van der Waals surface area contributed by atoms with Crippen LogP contribution >= 0.6 is 0 Å². The van der Waals surface area contributed by atoms with E-state index in [1.165, 1.54) is 18.0 Å². The van der Waals surface area contributed by atoms with Gasteiger partial charge in [0.1, 0.15) is 0 Å². The Balaban J connectivity index is 1.38. The molecule has 1 aromatic carbocycles. The molecule has 0 spiro atoms. The molecule has 0 aromatic heterocycles. The normalized spacial score (nSPS) is 19.2. The number of fused-ring (bicyclic) bond motifs is 1. The van der Waals surface area contributed by atoms with Crippen molar-refractivity contribution in [2.75, 3.05) is 33.0 Å². The Morgan fingerprint density at radius 1 is 1.08 bits per heavy atom. The van der Waals surface area contributed by atoms with Gasteiger partial charge in [0.15, 0.2) is 17.3 Å². The van der Waals surface area contributed by atoms with Gasteiger partial charge in [0.2, 0.25) is 6.79 Å². The molecule has 0 aliphatic carbocycles. The van der Waals surface area contributed by atoms with Gasteiger partial charge in [0.25, 0.3) is 0 Å².